The number of carbonyl (C=O) groups is 1. The van der Waals surface area contributed by atoms with Crippen molar-refractivity contribution < 1.29 is 13.2 Å². The van der Waals surface area contributed by atoms with Gasteiger partial charge < -0.3 is 5.32 Å². The lowest BCUT2D eigenvalue weighted by atomic mass is 10.1. The topological polar surface area (TPSA) is 78.5 Å². The third kappa shape index (κ3) is 5.53. The zero-order valence-electron chi connectivity index (χ0n) is 16.9. The van der Waals surface area contributed by atoms with Gasteiger partial charge in [-0.2, -0.15) is 0 Å². The summed E-state index contributed by atoms with van der Waals surface area (Å²) >= 11 is 12.5. The average molecular weight is 470 g/mol. The third-order valence-electron chi connectivity index (χ3n) is 5.19. The largest absolute Gasteiger partial charge is 0.325 e. The van der Waals surface area contributed by atoms with Crippen molar-refractivity contribution in [1.29, 1.82) is 0 Å². The molecule has 0 bridgehead atoms. The highest BCUT2D eigenvalue weighted by atomic mass is 35.5. The predicted octanol–water partition coefficient (Wildman–Crippen LogP) is 3.99. The van der Waals surface area contributed by atoms with Crippen LogP contribution in [0.15, 0.2) is 41.3 Å². The molecule has 2 aromatic carbocycles. The van der Waals surface area contributed by atoms with Crippen molar-refractivity contribution in [2.24, 2.45) is 0 Å². The number of halogens is 2. The van der Waals surface area contributed by atoms with Gasteiger partial charge in [-0.05, 0) is 56.0 Å². The molecular weight excluding hydrogens is 445 g/mol. The Morgan fingerprint density at radius 2 is 1.77 bits per heavy atom. The summed E-state index contributed by atoms with van der Waals surface area (Å²) in [5, 5.41) is 3.43. The van der Waals surface area contributed by atoms with Crippen molar-refractivity contribution in [3.8, 4) is 0 Å². The van der Waals surface area contributed by atoms with Crippen LogP contribution in [0.5, 0.6) is 0 Å². The molecule has 1 saturated heterocycles. The number of para-hydroxylation sites is 1. The van der Waals surface area contributed by atoms with Crippen LogP contribution in [0.2, 0.25) is 10.0 Å². The Morgan fingerprint density at radius 1 is 1.13 bits per heavy atom. The Balaban J connectivity index is 1.57. The van der Waals surface area contributed by atoms with Gasteiger partial charge >= 0.3 is 0 Å². The van der Waals surface area contributed by atoms with Crippen molar-refractivity contribution in [2.75, 3.05) is 25.0 Å². The minimum atomic E-state index is -3.81. The summed E-state index contributed by atoms with van der Waals surface area (Å²) in [6, 6.07) is 10.7. The molecule has 0 saturated carbocycles. The van der Waals surface area contributed by atoms with Crippen LogP contribution in [-0.2, 0) is 14.8 Å². The molecule has 0 spiro atoms. The number of hydrogen-bond donors (Lipinski definition) is 2. The van der Waals surface area contributed by atoms with E-state index in [1.165, 1.54) is 0 Å². The van der Waals surface area contributed by atoms with E-state index in [1.807, 2.05) is 35.2 Å². The highest BCUT2D eigenvalue weighted by Crippen LogP contribution is 2.33. The van der Waals surface area contributed by atoms with Gasteiger partial charge in [-0.3, -0.25) is 9.69 Å². The smallest absolute Gasteiger partial charge is 0.242 e. The summed E-state index contributed by atoms with van der Waals surface area (Å²) in [5.41, 5.74) is 1.82. The average Bonchev–Trinajstić information content (AvgIpc) is 2.68. The SMILES string of the molecule is Cc1cc(Cl)c(C)c(S(=O)(=O)NC2CCN(CC(=O)Nc3ccccc3)CC2)c1Cl. The van der Waals surface area contributed by atoms with Crippen LogP contribution in [0.4, 0.5) is 5.69 Å². The molecule has 1 amide bonds. The summed E-state index contributed by atoms with van der Waals surface area (Å²) < 4.78 is 28.7. The molecule has 0 aromatic heterocycles. The van der Waals surface area contributed by atoms with Crippen LogP contribution in [0.3, 0.4) is 0 Å². The highest BCUT2D eigenvalue weighted by molar-refractivity contribution is 7.89. The van der Waals surface area contributed by atoms with E-state index < -0.39 is 10.0 Å². The maximum absolute atomic E-state index is 13.0. The van der Waals surface area contributed by atoms with Gasteiger partial charge in [0.05, 0.1) is 11.6 Å². The number of benzene rings is 2. The summed E-state index contributed by atoms with van der Waals surface area (Å²) in [6.07, 6.45) is 1.21. The molecule has 1 aliphatic rings. The van der Waals surface area contributed by atoms with Gasteiger partial charge in [-0.15, -0.1) is 0 Å². The van der Waals surface area contributed by atoms with Gasteiger partial charge in [0.1, 0.15) is 4.90 Å². The summed E-state index contributed by atoms with van der Waals surface area (Å²) in [5.74, 6) is -0.0861. The molecule has 0 aliphatic carbocycles. The summed E-state index contributed by atoms with van der Waals surface area (Å²) in [4.78, 5) is 14.3. The van der Waals surface area contributed by atoms with E-state index >= 15 is 0 Å². The minimum Gasteiger partial charge on any atom is -0.325 e. The standard InChI is InChI=1S/C21H25Cl2N3O3S/c1-14-12-18(22)15(2)21(20(14)23)30(28,29)25-17-8-10-26(11-9-17)13-19(27)24-16-6-4-3-5-7-16/h3-7,12,17,25H,8-11,13H2,1-2H3,(H,24,27). The van der Waals surface area contributed by atoms with Crippen LogP contribution in [0, 0.1) is 13.8 Å². The Bertz CT molecular complexity index is 995. The number of amides is 1. The first-order valence-electron chi connectivity index (χ1n) is 9.72. The van der Waals surface area contributed by atoms with Gasteiger partial charge in [-0.25, -0.2) is 13.1 Å². The molecule has 162 valence electrons. The van der Waals surface area contributed by atoms with Crippen LogP contribution < -0.4 is 10.0 Å². The second-order valence-corrected chi connectivity index (χ2v) is 9.97. The number of piperidine rings is 1. The fourth-order valence-corrected chi connectivity index (χ4v) is 6.06. The molecule has 2 N–H and O–H groups in total. The fraction of sp³-hybridized carbons (Fsp3) is 0.381. The number of nitrogens with zero attached hydrogens (tertiary/aromatic N) is 1. The highest BCUT2D eigenvalue weighted by Gasteiger charge is 2.29. The molecule has 30 heavy (non-hydrogen) atoms. The van der Waals surface area contributed by atoms with E-state index in [9.17, 15) is 13.2 Å². The number of hydrogen-bond acceptors (Lipinski definition) is 4. The summed E-state index contributed by atoms with van der Waals surface area (Å²) in [7, 11) is -3.81. The molecule has 9 heteroatoms. The first-order valence-corrected chi connectivity index (χ1v) is 12.0. The van der Waals surface area contributed by atoms with Crippen molar-refractivity contribution in [1.82, 2.24) is 9.62 Å². The Kier molecular flexibility index (Phi) is 7.42. The second kappa shape index (κ2) is 9.66. The van der Waals surface area contributed by atoms with Gasteiger partial charge in [0.25, 0.3) is 0 Å². The first-order chi connectivity index (χ1) is 14.2. The van der Waals surface area contributed by atoms with Crippen molar-refractivity contribution in [3.05, 3.63) is 57.6 Å². The lowest BCUT2D eigenvalue weighted by molar-refractivity contribution is -0.117. The van der Waals surface area contributed by atoms with Gasteiger partial charge in [0.2, 0.25) is 15.9 Å². The molecule has 3 rings (SSSR count). The van der Waals surface area contributed by atoms with E-state index in [0.29, 0.717) is 42.1 Å². The van der Waals surface area contributed by atoms with Crippen molar-refractivity contribution in [3.63, 3.8) is 0 Å². The Hall–Kier alpha value is -1.64. The molecule has 0 unspecified atom stereocenters. The van der Waals surface area contributed by atoms with Gasteiger partial charge in [-0.1, -0.05) is 41.4 Å². The second-order valence-electron chi connectivity index (χ2n) is 7.53. The maximum atomic E-state index is 13.0. The fourth-order valence-electron chi connectivity index (χ4n) is 3.55. The summed E-state index contributed by atoms with van der Waals surface area (Å²) in [6.45, 7) is 4.89. The Morgan fingerprint density at radius 3 is 2.40 bits per heavy atom. The zero-order valence-corrected chi connectivity index (χ0v) is 19.2. The van der Waals surface area contributed by atoms with Crippen LogP contribution in [-0.4, -0.2) is 44.9 Å². The van der Waals surface area contributed by atoms with E-state index in [2.05, 4.69) is 10.0 Å². The minimum absolute atomic E-state index is 0.0406. The van der Waals surface area contributed by atoms with E-state index in [-0.39, 0.29) is 28.4 Å². The van der Waals surface area contributed by atoms with Crippen molar-refractivity contribution >= 4 is 44.8 Å². The predicted molar refractivity (Wildman–Crippen MR) is 121 cm³/mol. The number of anilines is 1. The monoisotopic (exact) mass is 469 g/mol. The molecule has 0 atom stereocenters. The van der Waals surface area contributed by atoms with Crippen LogP contribution in [0.1, 0.15) is 24.0 Å². The number of nitrogens with one attached hydrogen (secondary N) is 2. The lowest BCUT2D eigenvalue weighted by Crippen LogP contribution is -2.46. The molecular formula is C21H25Cl2N3O3S. The zero-order chi connectivity index (χ0) is 21.9. The van der Waals surface area contributed by atoms with Gasteiger partial charge in [0.15, 0.2) is 0 Å². The Labute approximate surface area is 187 Å². The van der Waals surface area contributed by atoms with E-state index in [0.717, 1.165) is 5.69 Å². The first kappa shape index (κ1) is 23.0. The maximum Gasteiger partial charge on any atom is 0.242 e. The number of sulfonamides is 1. The van der Waals surface area contributed by atoms with Crippen LogP contribution in [0.25, 0.3) is 0 Å². The lowest BCUT2D eigenvalue weighted by Gasteiger charge is -2.32. The molecule has 1 heterocycles. The molecule has 1 aliphatic heterocycles. The number of carbonyl (C=O) groups excluding carboxylic acids is 1. The quantitative estimate of drug-likeness (QED) is 0.669. The third-order valence-corrected chi connectivity index (χ3v) is 7.87. The number of rotatable bonds is 6. The van der Waals surface area contributed by atoms with E-state index in [1.54, 1.807) is 19.9 Å². The van der Waals surface area contributed by atoms with Crippen molar-refractivity contribution in [2.45, 2.75) is 37.6 Å². The number of aryl methyl sites for hydroxylation is 1. The van der Waals surface area contributed by atoms with E-state index in [4.69, 9.17) is 23.2 Å². The molecule has 0 radical (unpaired) electrons. The van der Waals surface area contributed by atoms with Gasteiger partial charge in [0, 0.05) is 29.8 Å². The van der Waals surface area contributed by atoms with Crippen LogP contribution >= 0.6 is 23.2 Å². The normalized spacial score (nSPS) is 15.9. The molecule has 2 aromatic rings. The molecule has 6 nitrogen and oxygen atoms in total. The number of likely N-dealkylation sites (tertiary alicyclic amines) is 1. The molecule has 1 fully saturated rings.